The fourth-order valence-electron chi connectivity index (χ4n) is 2.67. The smallest absolute Gasteiger partial charge is 0.406 e. The first-order valence-corrected chi connectivity index (χ1v) is 8.37. The van der Waals surface area contributed by atoms with Crippen molar-refractivity contribution in [1.29, 1.82) is 0 Å². The number of aromatic nitrogens is 1. The summed E-state index contributed by atoms with van der Waals surface area (Å²) in [5, 5.41) is 0.215. The van der Waals surface area contributed by atoms with Gasteiger partial charge in [0.05, 0.1) is 11.6 Å². The number of nitrogens with zero attached hydrogens (tertiary/aromatic N) is 1. The molecule has 28 heavy (non-hydrogen) atoms. The Morgan fingerprint density at radius 1 is 1.00 bits per heavy atom. The van der Waals surface area contributed by atoms with E-state index in [1.807, 2.05) is 0 Å². The Bertz CT molecular complexity index is 973. The van der Waals surface area contributed by atoms with Gasteiger partial charge in [-0.2, -0.15) is 0 Å². The number of halogens is 5. The molecular formula is C20H12ClF4NO2. The lowest BCUT2D eigenvalue weighted by atomic mass is 9.95. The van der Waals surface area contributed by atoms with Gasteiger partial charge in [0, 0.05) is 22.3 Å². The van der Waals surface area contributed by atoms with Gasteiger partial charge in [-0.3, -0.25) is 4.98 Å². The van der Waals surface area contributed by atoms with Gasteiger partial charge in [0.1, 0.15) is 17.9 Å². The third kappa shape index (κ3) is 4.67. The van der Waals surface area contributed by atoms with E-state index < -0.39 is 18.1 Å². The number of carbonyl (C=O) groups excluding carboxylic acids is 1. The highest BCUT2D eigenvalue weighted by atomic mass is 35.5. The number of aldehydes is 1. The van der Waals surface area contributed by atoms with Crippen LogP contribution in [0.1, 0.15) is 17.2 Å². The molecule has 3 aromatic rings. The quantitative estimate of drug-likeness (QED) is 0.396. The minimum atomic E-state index is -4.76. The highest BCUT2D eigenvalue weighted by Crippen LogP contribution is 2.29. The van der Waals surface area contributed by atoms with E-state index in [0.29, 0.717) is 23.1 Å². The van der Waals surface area contributed by atoms with Gasteiger partial charge in [-0.1, -0.05) is 35.9 Å². The van der Waals surface area contributed by atoms with Gasteiger partial charge in [-0.05, 0) is 35.9 Å². The average Bonchev–Trinajstić information content (AvgIpc) is 2.64. The Morgan fingerprint density at radius 3 is 2.21 bits per heavy atom. The van der Waals surface area contributed by atoms with Crippen LogP contribution in [0.5, 0.6) is 5.75 Å². The van der Waals surface area contributed by atoms with Crippen LogP contribution in [0.2, 0.25) is 5.02 Å². The molecule has 1 atom stereocenters. The van der Waals surface area contributed by atoms with E-state index >= 15 is 0 Å². The van der Waals surface area contributed by atoms with Crippen LogP contribution in [0.4, 0.5) is 17.6 Å². The second kappa shape index (κ2) is 7.98. The van der Waals surface area contributed by atoms with E-state index in [2.05, 4.69) is 9.72 Å². The van der Waals surface area contributed by atoms with Crippen LogP contribution in [0.15, 0.2) is 60.8 Å². The lowest BCUT2D eigenvalue weighted by molar-refractivity contribution is -0.274. The topological polar surface area (TPSA) is 39.2 Å². The molecule has 0 radical (unpaired) electrons. The van der Waals surface area contributed by atoms with Gasteiger partial charge >= 0.3 is 6.36 Å². The van der Waals surface area contributed by atoms with Gasteiger partial charge in [0.15, 0.2) is 0 Å². The average molecular weight is 410 g/mol. The molecule has 0 bridgehead atoms. The first kappa shape index (κ1) is 19.8. The van der Waals surface area contributed by atoms with Crippen molar-refractivity contribution in [3.8, 4) is 16.9 Å². The summed E-state index contributed by atoms with van der Waals surface area (Å²) in [6.45, 7) is 0. The minimum Gasteiger partial charge on any atom is -0.406 e. The number of rotatable bonds is 5. The summed E-state index contributed by atoms with van der Waals surface area (Å²) in [4.78, 5) is 15.7. The fourth-order valence-corrected chi connectivity index (χ4v) is 2.82. The van der Waals surface area contributed by atoms with E-state index in [1.54, 1.807) is 12.1 Å². The van der Waals surface area contributed by atoms with E-state index in [0.717, 1.165) is 6.07 Å². The Morgan fingerprint density at radius 2 is 1.68 bits per heavy atom. The molecule has 1 unspecified atom stereocenters. The zero-order valence-electron chi connectivity index (χ0n) is 14.1. The van der Waals surface area contributed by atoms with Crippen molar-refractivity contribution in [2.45, 2.75) is 12.3 Å². The fraction of sp³-hybridized carbons (Fsp3) is 0.100. The summed E-state index contributed by atoms with van der Waals surface area (Å²) in [7, 11) is 0. The summed E-state index contributed by atoms with van der Waals surface area (Å²) in [5.41, 5.74) is 1.70. The summed E-state index contributed by atoms with van der Waals surface area (Å²) in [5.74, 6) is -1.86. The zero-order chi connectivity index (χ0) is 20.3. The number of pyridine rings is 1. The van der Waals surface area contributed by atoms with Crippen molar-refractivity contribution in [3.05, 3.63) is 82.9 Å². The monoisotopic (exact) mass is 409 g/mol. The highest BCUT2D eigenvalue weighted by Gasteiger charge is 2.31. The minimum absolute atomic E-state index is 0.147. The Balaban J connectivity index is 1.83. The highest BCUT2D eigenvalue weighted by molar-refractivity contribution is 6.30. The second-order valence-corrected chi connectivity index (χ2v) is 6.26. The van der Waals surface area contributed by atoms with Gasteiger partial charge in [-0.25, -0.2) is 4.39 Å². The standard InChI is InChI=1S/C20H12ClF4NO2/c21-14-4-7-16(18(22)9-14)17(11-27)19-8-3-13(10-26-19)12-1-5-15(6-2-12)28-20(23,24)25/h1-11,17H. The van der Waals surface area contributed by atoms with Crippen LogP contribution in [0.25, 0.3) is 11.1 Å². The normalized spacial score (nSPS) is 12.5. The number of hydrogen-bond donors (Lipinski definition) is 0. The van der Waals surface area contributed by atoms with Crippen molar-refractivity contribution in [1.82, 2.24) is 4.98 Å². The molecule has 0 aliphatic rings. The number of ether oxygens (including phenoxy) is 1. The number of alkyl halides is 3. The van der Waals surface area contributed by atoms with Crippen LogP contribution < -0.4 is 4.74 Å². The van der Waals surface area contributed by atoms with Crippen LogP contribution in [0.3, 0.4) is 0 Å². The van der Waals surface area contributed by atoms with Crippen molar-refractivity contribution < 1.29 is 27.1 Å². The molecule has 0 aliphatic carbocycles. The van der Waals surface area contributed by atoms with Crippen LogP contribution >= 0.6 is 11.6 Å². The molecule has 8 heteroatoms. The first-order chi connectivity index (χ1) is 13.3. The Labute approximate surface area is 162 Å². The van der Waals surface area contributed by atoms with Gasteiger partial charge < -0.3 is 9.53 Å². The van der Waals surface area contributed by atoms with Crippen LogP contribution in [-0.2, 0) is 4.79 Å². The predicted molar refractivity (Wildman–Crippen MR) is 95.7 cm³/mol. The van der Waals surface area contributed by atoms with E-state index in [1.165, 1.54) is 42.6 Å². The van der Waals surface area contributed by atoms with Crippen molar-refractivity contribution >= 4 is 17.9 Å². The maximum Gasteiger partial charge on any atom is 0.573 e. The summed E-state index contributed by atoms with van der Waals surface area (Å²) in [6.07, 6.45) is -2.72. The van der Waals surface area contributed by atoms with Gasteiger partial charge in [0.25, 0.3) is 0 Å². The third-order valence-electron chi connectivity index (χ3n) is 3.96. The number of benzene rings is 2. The van der Waals surface area contributed by atoms with Gasteiger partial charge in [-0.15, -0.1) is 13.2 Å². The zero-order valence-corrected chi connectivity index (χ0v) is 14.8. The molecule has 3 nitrogen and oxygen atoms in total. The molecule has 0 amide bonds. The molecule has 2 aromatic carbocycles. The Kier molecular flexibility index (Phi) is 5.65. The molecule has 0 aliphatic heterocycles. The molecular weight excluding hydrogens is 398 g/mol. The summed E-state index contributed by atoms with van der Waals surface area (Å²) in [6, 6.07) is 12.5. The lowest BCUT2D eigenvalue weighted by Crippen LogP contribution is -2.16. The van der Waals surface area contributed by atoms with Crippen molar-refractivity contribution in [3.63, 3.8) is 0 Å². The van der Waals surface area contributed by atoms with E-state index in [4.69, 9.17) is 11.6 Å². The van der Waals surface area contributed by atoms with Crippen molar-refractivity contribution in [2.75, 3.05) is 0 Å². The predicted octanol–water partition coefficient (Wildman–Crippen LogP) is 5.77. The largest absolute Gasteiger partial charge is 0.573 e. The van der Waals surface area contributed by atoms with Crippen LogP contribution in [-0.4, -0.2) is 17.6 Å². The van der Waals surface area contributed by atoms with E-state index in [-0.39, 0.29) is 16.3 Å². The van der Waals surface area contributed by atoms with Gasteiger partial charge in [0.2, 0.25) is 0 Å². The Hall–Kier alpha value is -2.93. The number of carbonyl (C=O) groups is 1. The third-order valence-corrected chi connectivity index (χ3v) is 4.19. The molecule has 3 rings (SSSR count). The van der Waals surface area contributed by atoms with E-state index in [9.17, 15) is 22.4 Å². The maximum atomic E-state index is 14.1. The molecule has 1 heterocycles. The molecule has 0 fully saturated rings. The molecule has 0 saturated carbocycles. The SMILES string of the molecule is O=CC(c1ccc(-c2ccc(OC(F)(F)F)cc2)cn1)c1ccc(Cl)cc1F. The molecule has 144 valence electrons. The van der Waals surface area contributed by atoms with Crippen molar-refractivity contribution in [2.24, 2.45) is 0 Å². The first-order valence-electron chi connectivity index (χ1n) is 7.99. The summed E-state index contributed by atoms with van der Waals surface area (Å²) >= 11 is 5.73. The molecule has 0 spiro atoms. The maximum absolute atomic E-state index is 14.1. The number of hydrogen-bond acceptors (Lipinski definition) is 3. The molecule has 1 aromatic heterocycles. The second-order valence-electron chi connectivity index (χ2n) is 5.82. The molecule has 0 N–H and O–H groups in total. The summed E-state index contributed by atoms with van der Waals surface area (Å²) < 4.78 is 54.6. The molecule has 0 saturated heterocycles. The van der Waals surface area contributed by atoms with Crippen LogP contribution in [0, 0.1) is 5.82 Å². The lowest BCUT2D eigenvalue weighted by Gasteiger charge is -2.13.